The van der Waals surface area contributed by atoms with Crippen molar-refractivity contribution in [3.63, 3.8) is 0 Å². The van der Waals surface area contributed by atoms with Gasteiger partial charge in [0.25, 0.3) is 5.91 Å². The normalized spacial score (nSPS) is 17.1. The number of imide groups is 1. The molecule has 1 aliphatic heterocycles. The molecule has 96 valence electrons. The van der Waals surface area contributed by atoms with Crippen LogP contribution in [0.5, 0.6) is 5.75 Å². The SMILES string of the molecule is O=C1COC(=O)N1.Oc1ccc2c(c1)CCCC2. The van der Waals surface area contributed by atoms with Gasteiger partial charge in [-0.25, -0.2) is 4.79 Å². The molecule has 1 fully saturated rings. The van der Waals surface area contributed by atoms with Gasteiger partial charge in [0.05, 0.1) is 0 Å². The number of carbonyl (C=O) groups is 2. The van der Waals surface area contributed by atoms with Gasteiger partial charge >= 0.3 is 6.09 Å². The van der Waals surface area contributed by atoms with Gasteiger partial charge in [0.2, 0.25) is 0 Å². The lowest BCUT2D eigenvalue weighted by molar-refractivity contribution is -0.119. The van der Waals surface area contributed by atoms with Crippen molar-refractivity contribution in [3.8, 4) is 5.75 Å². The molecule has 1 aromatic rings. The van der Waals surface area contributed by atoms with Crippen LogP contribution >= 0.6 is 0 Å². The summed E-state index contributed by atoms with van der Waals surface area (Å²) in [4.78, 5) is 19.9. The Hall–Kier alpha value is -2.04. The van der Waals surface area contributed by atoms with Crippen LogP contribution in [0.2, 0.25) is 0 Å². The van der Waals surface area contributed by atoms with E-state index in [0.717, 1.165) is 6.42 Å². The fourth-order valence-corrected chi connectivity index (χ4v) is 2.04. The molecule has 2 aliphatic rings. The number of aromatic hydroxyl groups is 1. The van der Waals surface area contributed by atoms with E-state index in [4.69, 9.17) is 0 Å². The van der Waals surface area contributed by atoms with Crippen molar-refractivity contribution in [2.24, 2.45) is 0 Å². The van der Waals surface area contributed by atoms with E-state index in [1.54, 1.807) is 6.07 Å². The van der Waals surface area contributed by atoms with Crippen LogP contribution in [-0.2, 0) is 22.4 Å². The highest BCUT2D eigenvalue weighted by molar-refractivity contribution is 5.97. The molecule has 3 rings (SSSR count). The maximum Gasteiger partial charge on any atom is 0.414 e. The Kier molecular flexibility index (Phi) is 3.82. The topological polar surface area (TPSA) is 75.6 Å². The minimum Gasteiger partial charge on any atom is -0.508 e. The summed E-state index contributed by atoms with van der Waals surface area (Å²) in [5, 5.41) is 11.1. The third-order valence-corrected chi connectivity index (χ3v) is 2.91. The van der Waals surface area contributed by atoms with Crippen LogP contribution in [0.4, 0.5) is 4.79 Å². The number of rotatable bonds is 0. The van der Waals surface area contributed by atoms with Gasteiger partial charge in [-0.2, -0.15) is 0 Å². The van der Waals surface area contributed by atoms with Gasteiger partial charge in [-0.15, -0.1) is 0 Å². The summed E-state index contributed by atoms with van der Waals surface area (Å²) >= 11 is 0. The molecule has 0 aromatic heterocycles. The number of alkyl carbamates (subject to hydrolysis) is 1. The molecule has 0 radical (unpaired) electrons. The van der Waals surface area contributed by atoms with Crippen molar-refractivity contribution in [2.45, 2.75) is 25.7 Å². The average Bonchev–Trinajstić information content (AvgIpc) is 2.74. The molecule has 0 atom stereocenters. The van der Waals surface area contributed by atoms with Crippen molar-refractivity contribution >= 4 is 12.0 Å². The van der Waals surface area contributed by atoms with Crippen molar-refractivity contribution < 1.29 is 19.4 Å². The summed E-state index contributed by atoms with van der Waals surface area (Å²) in [6, 6.07) is 5.72. The maximum atomic E-state index is 10.00. The van der Waals surface area contributed by atoms with Gasteiger partial charge in [-0.05, 0) is 48.9 Å². The number of phenols is 1. The smallest absolute Gasteiger partial charge is 0.414 e. The van der Waals surface area contributed by atoms with Crippen molar-refractivity contribution in [2.75, 3.05) is 6.61 Å². The molecule has 0 spiro atoms. The van der Waals surface area contributed by atoms with Crippen molar-refractivity contribution in [1.29, 1.82) is 0 Å². The Balaban J connectivity index is 0.000000149. The summed E-state index contributed by atoms with van der Waals surface area (Å²) in [5.41, 5.74) is 2.77. The lowest BCUT2D eigenvalue weighted by Crippen LogP contribution is -2.18. The lowest BCUT2D eigenvalue weighted by atomic mass is 9.92. The molecule has 5 nitrogen and oxygen atoms in total. The van der Waals surface area contributed by atoms with Crippen LogP contribution in [-0.4, -0.2) is 23.7 Å². The van der Waals surface area contributed by atoms with Gasteiger partial charge in [0, 0.05) is 0 Å². The number of hydrogen-bond acceptors (Lipinski definition) is 4. The molecule has 1 heterocycles. The predicted octanol–water partition coefficient (Wildman–Crippen LogP) is 1.52. The largest absolute Gasteiger partial charge is 0.508 e. The number of aryl methyl sites for hydroxylation is 2. The molecule has 1 aliphatic carbocycles. The highest BCUT2D eigenvalue weighted by Gasteiger charge is 2.17. The van der Waals surface area contributed by atoms with Crippen LogP contribution in [0.1, 0.15) is 24.0 Å². The first-order valence-corrected chi connectivity index (χ1v) is 5.92. The summed E-state index contributed by atoms with van der Waals surface area (Å²) in [6.07, 6.45) is 4.26. The van der Waals surface area contributed by atoms with Crippen molar-refractivity contribution in [1.82, 2.24) is 5.32 Å². The molecular weight excluding hydrogens is 234 g/mol. The summed E-state index contributed by atoms with van der Waals surface area (Å²) in [6.45, 7) is -0.126. The molecular formula is C13H15NO4. The number of carbonyl (C=O) groups excluding carboxylic acids is 2. The molecule has 1 aromatic carbocycles. The van der Waals surface area contributed by atoms with Gasteiger partial charge in [-0.3, -0.25) is 10.1 Å². The molecule has 1 saturated heterocycles. The number of amides is 2. The van der Waals surface area contributed by atoms with E-state index in [9.17, 15) is 14.7 Å². The fraction of sp³-hybridized carbons (Fsp3) is 0.385. The zero-order valence-corrected chi connectivity index (χ0v) is 9.94. The molecule has 0 bridgehead atoms. The molecule has 5 heteroatoms. The van der Waals surface area contributed by atoms with Gasteiger partial charge in [0.15, 0.2) is 6.61 Å². The number of fused-ring (bicyclic) bond motifs is 1. The Labute approximate surface area is 105 Å². The molecule has 18 heavy (non-hydrogen) atoms. The molecule has 2 N–H and O–H groups in total. The minimum absolute atomic E-state index is 0.126. The lowest BCUT2D eigenvalue weighted by Gasteiger charge is -2.14. The Morgan fingerprint density at radius 3 is 2.39 bits per heavy atom. The van der Waals surface area contributed by atoms with E-state index in [0.29, 0.717) is 5.75 Å². The standard InChI is InChI=1S/C10H12O.C3H3NO3/c11-10-6-5-8-3-1-2-4-9(8)7-10;5-2-1-7-3(6)4-2/h5-7,11H,1-4H2;1H2,(H,4,5,6). The second-order valence-electron chi connectivity index (χ2n) is 4.28. The third-order valence-electron chi connectivity index (χ3n) is 2.91. The molecule has 0 saturated carbocycles. The summed E-state index contributed by atoms with van der Waals surface area (Å²) in [7, 11) is 0. The Morgan fingerprint density at radius 2 is 1.83 bits per heavy atom. The zero-order chi connectivity index (χ0) is 13.0. The van der Waals surface area contributed by atoms with E-state index >= 15 is 0 Å². The van der Waals surface area contributed by atoms with E-state index in [-0.39, 0.29) is 12.5 Å². The van der Waals surface area contributed by atoms with Crippen LogP contribution in [0, 0.1) is 0 Å². The monoisotopic (exact) mass is 249 g/mol. The zero-order valence-electron chi connectivity index (χ0n) is 9.94. The Bertz CT molecular complexity index is 456. The number of nitrogens with one attached hydrogen (secondary N) is 1. The van der Waals surface area contributed by atoms with Gasteiger partial charge < -0.3 is 9.84 Å². The number of benzene rings is 1. The first-order valence-electron chi connectivity index (χ1n) is 5.92. The van der Waals surface area contributed by atoms with E-state index in [1.807, 2.05) is 17.4 Å². The predicted molar refractivity (Wildman–Crippen MR) is 64.2 cm³/mol. The first-order chi connectivity index (χ1) is 8.65. The van der Waals surface area contributed by atoms with Gasteiger partial charge in [-0.1, -0.05) is 6.07 Å². The molecule has 0 unspecified atom stereocenters. The van der Waals surface area contributed by atoms with Crippen LogP contribution in [0.15, 0.2) is 18.2 Å². The highest BCUT2D eigenvalue weighted by Crippen LogP contribution is 2.24. The molecule has 2 amide bonds. The van der Waals surface area contributed by atoms with E-state index < -0.39 is 6.09 Å². The number of hydrogen-bond donors (Lipinski definition) is 2. The number of cyclic esters (lactones) is 1. The first kappa shape index (κ1) is 12.4. The maximum absolute atomic E-state index is 10.00. The third kappa shape index (κ3) is 3.23. The fourth-order valence-electron chi connectivity index (χ4n) is 2.04. The number of ether oxygens (including phenoxy) is 1. The van der Waals surface area contributed by atoms with Crippen LogP contribution in [0.25, 0.3) is 0 Å². The number of phenolic OH excluding ortho intramolecular Hbond substituents is 1. The quantitative estimate of drug-likeness (QED) is 0.731. The summed E-state index contributed by atoms with van der Waals surface area (Å²) in [5.74, 6) is 0.0376. The van der Waals surface area contributed by atoms with Gasteiger partial charge in [0.1, 0.15) is 5.75 Å². The van der Waals surface area contributed by atoms with Crippen molar-refractivity contribution in [3.05, 3.63) is 29.3 Å². The Morgan fingerprint density at radius 1 is 1.11 bits per heavy atom. The van der Waals surface area contributed by atoms with E-state index in [1.165, 1.54) is 30.4 Å². The minimum atomic E-state index is -0.648. The second-order valence-corrected chi connectivity index (χ2v) is 4.28. The highest BCUT2D eigenvalue weighted by atomic mass is 16.6. The van der Waals surface area contributed by atoms with Crippen LogP contribution in [0.3, 0.4) is 0 Å². The second kappa shape index (κ2) is 5.53. The van der Waals surface area contributed by atoms with E-state index in [2.05, 4.69) is 4.74 Å². The average molecular weight is 249 g/mol. The summed E-state index contributed by atoms with van der Waals surface area (Å²) < 4.78 is 4.17. The van der Waals surface area contributed by atoms with Crippen LogP contribution < -0.4 is 5.32 Å².